The van der Waals surface area contributed by atoms with Gasteiger partial charge < -0.3 is 10.6 Å². The summed E-state index contributed by atoms with van der Waals surface area (Å²) in [5.41, 5.74) is 4.89. The molecule has 0 aliphatic heterocycles. The molecular weight excluding hydrogens is 98.0 g/mol. The van der Waals surface area contributed by atoms with E-state index in [-0.39, 0.29) is 13.0 Å². The molecule has 0 heterocycles. The third-order valence-electron chi connectivity index (χ3n) is 0.450. The minimum Gasteiger partial charge on any atom is -0.330 e. The fourth-order valence-corrected chi connectivity index (χ4v) is 0.163. The fraction of sp³-hybridized carbons (Fsp3) is 0.667. The highest BCUT2D eigenvalue weighted by Crippen LogP contribution is 1.76. The number of carbonyl (C=O) groups excluding carboxylic acids is 1. The molecule has 0 aliphatic carbocycles. The molecule has 0 amide bonds. The van der Waals surface area contributed by atoms with Crippen LogP contribution in [0.4, 0.5) is 0 Å². The Labute approximate surface area is 40.8 Å². The van der Waals surface area contributed by atoms with Crippen molar-refractivity contribution in [3.05, 3.63) is 0 Å². The van der Waals surface area contributed by atoms with Crippen LogP contribution in [0, 0.1) is 0 Å². The van der Waals surface area contributed by atoms with Crippen LogP contribution in [0.3, 0.4) is 0 Å². The summed E-state index contributed by atoms with van der Waals surface area (Å²) in [4.78, 5) is 13.1. The molecule has 7 heavy (non-hydrogen) atoms. The van der Waals surface area contributed by atoms with Crippen LogP contribution in [-0.4, -0.2) is 17.8 Å². The lowest BCUT2D eigenvalue weighted by molar-refractivity contribution is -0.234. The van der Waals surface area contributed by atoms with Crippen LogP contribution >= 0.6 is 0 Å². The Bertz CT molecular complexity index is 63.2. The molecule has 3 N–H and O–H groups in total. The third kappa shape index (κ3) is 3.21. The molecule has 4 nitrogen and oxygen atoms in total. The van der Waals surface area contributed by atoms with Crippen molar-refractivity contribution in [3.8, 4) is 0 Å². The van der Waals surface area contributed by atoms with Crippen LogP contribution in [0.1, 0.15) is 6.42 Å². The summed E-state index contributed by atoms with van der Waals surface area (Å²) < 4.78 is 0. The van der Waals surface area contributed by atoms with E-state index in [1.54, 1.807) is 0 Å². The van der Waals surface area contributed by atoms with Crippen LogP contribution < -0.4 is 5.73 Å². The van der Waals surface area contributed by atoms with Crippen LogP contribution in [0.5, 0.6) is 0 Å². The number of hydrogen-bond acceptors (Lipinski definition) is 4. The van der Waals surface area contributed by atoms with E-state index in [0.717, 1.165) is 0 Å². The van der Waals surface area contributed by atoms with Gasteiger partial charge in [0.2, 0.25) is 0 Å². The first kappa shape index (κ1) is 6.39. The van der Waals surface area contributed by atoms with Gasteiger partial charge in [-0.25, -0.2) is 4.79 Å². The van der Waals surface area contributed by atoms with E-state index in [1.165, 1.54) is 0 Å². The van der Waals surface area contributed by atoms with Crippen molar-refractivity contribution in [2.45, 2.75) is 6.42 Å². The van der Waals surface area contributed by atoms with Gasteiger partial charge in [0.05, 0.1) is 6.42 Å². The van der Waals surface area contributed by atoms with E-state index in [0.29, 0.717) is 0 Å². The van der Waals surface area contributed by atoms with Gasteiger partial charge in [-0.05, 0) is 0 Å². The number of rotatable bonds is 2. The van der Waals surface area contributed by atoms with Crippen molar-refractivity contribution in [2.75, 3.05) is 6.54 Å². The molecule has 0 aromatic heterocycles. The average molecular weight is 105 g/mol. The maximum absolute atomic E-state index is 9.86. The van der Waals surface area contributed by atoms with Gasteiger partial charge in [-0.3, -0.25) is 0 Å². The zero-order valence-corrected chi connectivity index (χ0v) is 3.76. The molecule has 0 rings (SSSR count). The van der Waals surface area contributed by atoms with Crippen molar-refractivity contribution in [3.63, 3.8) is 0 Å². The second-order valence-electron chi connectivity index (χ2n) is 1.00. The highest BCUT2D eigenvalue weighted by Gasteiger charge is 1.95. The molecule has 0 saturated carbocycles. The second-order valence-corrected chi connectivity index (χ2v) is 1.00. The Hall–Kier alpha value is -0.610. The predicted molar refractivity (Wildman–Crippen MR) is 22.4 cm³/mol. The Balaban J connectivity index is 3.00. The Morgan fingerprint density at radius 3 is 2.57 bits per heavy atom. The highest BCUT2D eigenvalue weighted by atomic mass is 17.1. The van der Waals surface area contributed by atoms with E-state index in [9.17, 15) is 4.79 Å². The predicted octanol–water partition coefficient (Wildman–Crippen LogP) is -0.649. The summed E-state index contributed by atoms with van der Waals surface area (Å²) in [5.74, 6) is -0.692. The van der Waals surface area contributed by atoms with E-state index >= 15 is 0 Å². The molecule has 0 atom stereocenters. The number of hydrogen-bond donors (Lipinski definition) is 2. The molecule has 0 fully saturated rings. The molecule has 0 unspecified atom stereocenters. The van der Waals surface area contributed by atoms with Gasteiger partial charge in [-0.1, -0.05) is 0 Å². The van der Waals surface area contributed by atoms with Crippen molar-refractivity contribution in [1.29, 1.82) is 0 Å². The van der Waals surface area contributed by atoms with E-state index in [4.69, 9.17) is 11.0 Å². The summed E-state index contributed by atoms with van der Waals surface area (Å²) in [6, 6.07) is 0. The first-order valence-electron chi connectivity index (χ1n) is 1.85. The van der Waals surface area contributed by atoms with Gasteiger partial charge in [-0.2, -0.15) is 5.26 Å². The summed E-state index contributed by atoms with van der Waals surface area (Å²) in [6.45, 7) is 0.208. The van der Waals surface area contributed by atoms with Gasteiger partial charge in [0, 0.05) is 6.54 Å². The fourth-order valence-electron chi connectivity index (χ4n) is 0.163. The third-order valence-corrected chi connectivity index (χ3v) is 0.450. The zero-order chi connectivity index (χ0) is 5.70. The van der Waals surface area contributed by atoms with Crippen molar-refractivity contribution >= 4 is 5.97 Å². The first-order chi connectivity index (χ1) is 3.31. The Kier molecular flexibility index (Phi) is 3.26. The lowest BCUT2D eigenvalue weighted by Crippen LogP contribution is -2.08. The Morgan fingerprint density at radius 1 is 1.86 bits per heavy atom. The SMILES string of the molecule is NCCC(=O)OO. The minimum atomic E-state index is -0.692. The maximum Gasteiger partial charge on any atom is 0.343 e. The number of carbonyl (C=O) groups is 1. The molecular formula is C3H7NO3. The van der Waals surface area contributed by atoms with Crippen LogP contribution in [0.2, 0.25) is 0 Å². The summed E-state index contributed by atoms with van der Waals surface area (Å²) in [5, 5.41) is 7.56. The molecule has 0 radical (unpaired) electrons. The van der Waals surface area contributed by atoms with E-state index in [2.05, 4.69) is 4.89 Å². The van der Waals surface area contributed by atoms with Gasteiger partial charge >= 0.3 is 5.97 Å². The van der Waals surface area contributed by atoms with Crippen LogP contribution in [-0.2, 0) is 9.68 Å². The van der Waals surface area contributed by atoms with Crippen molar-refractivity contribution in [2.24, 2.45) is 5.73 Å². The lowest BCUT2D eigenvalue weighted by Gasteiger charge is -1.87. The molecule has 0 aromatic carbocycles. The molecule has 0 aromatic rings. The Morgan fingerprint density at radius 2 is 2.43 bits per heavy atom. The topological polar surface area (TPSA) is 72.6 Å². The van der Waals surface area contributed by atoms with Gasteiger partial charge in [0.25, 0.3) is 0 Å². The summed E-state index contributed by atoms with van der Waals surface area (Å²) >= 11 is 0. The molecule has 0 saturated heterocycles. The molecule has 4 heteroatoms. The first-order valence-corrected chi connectivity index (χ1v) is 1.85. The van der Waals surface area contributed by atoms with Crippen LogP contribution in [0.25, 0.3) is 0 Å². The minimum absolute atomic E-state index is 0.0660. The molecule has 0 spiro atoms. The smallest absolute Gasteiger partial charge is 0.330 e. The second kappa shape index (κ2) is 3.58. The lowest BCUT2D eigenvalue weighted by atomic mass is 10.5. The van der Waals surface area contributed by atoms with Gasteiger partial charge in [-0.15, -0.1) is 0 Å². The average Bonchev–Trinajstić information content (AvgIpc) is 1.68. The maximum atomic E-state index is 9.86. The number of nitrogens with two attached hydrogens (primary N) is 1. The zero-order valence-electron chi connectivity index (χ0n) is 3.76. The standard InChI is InChI=1S/C3H7NO3/c4-2-1-3(5)7-6/h6H,1-2,4H2. The monoisotopic (exact) mass is 105 g/mol. The molecule has 0 bridgehead atoms. The van der Waals surface area contributed by atoms with Crippen LogP contribution in [0.15, 0.2) is 0 Å². The van der Waals surface area contributed by atoms with Gasteiger partial charge in [0.15, 0.2) is 0 Å². The van der Waals surface area contributed by atoms with Gasteiger partial charge in [0.1, 0.15) is 0 Å². The summed E-state index contributed by atoms with van der Waals surface area (Å²) in [7, 11) is 0. The molecule has 42 valence electrons. The van der Waals surface area contributed by atoms with E-state index in [1.807, 2.05) is 0 Å². The van der Waals surface area contributed by atoms with E-state index < -0.39 is 5.97 Å². The quantitative estimate of drug-likeness (QED) is 0.361. The van der Waals surface area contributed by atoms with Crippen molar-refractivity contribution in [1.82, 2.24) is 0 Å². The van der Waals surface area contributed by atoms with Crippen molar-refractivity contribution < 1.29 is 14.9 Å². The summed E-state index contributed by atoms with van der Waals surface area (Å²) in [6.07, 6.45) is 0.0660. The highest BCUT2D eigenvalue weighted by molar-refractivity contribution is 5.68. The normalized spacial score (nSPS) is 8.29. The largest absolute Gasteiger partial charge is 0.343 e. The molecule has 0 aliphatic rings.